The topological polar surface area (TPSA) is 93.8 Å². The zero-order valence-electron chi connectivity index (χ0n) is 11.9. The number of aryl methyl sites for hydroxylation is 1. The lowest BCUT2D eigenvalue weighted by atomic mass is 10.1. The average Bonchev–Trinajstić information content (AvgIpc) is 2.88. The highest BCUT2D eigenvalue weighted by atomic mass is 32.2. The van der Waals surface area contributed by atoms with Gasteiger partial charge in [-0.05, 0) is 31.0 Å². The molecule has 0 aromatic carbocycles. The van der Waals surface area contributed by atoms with E-state index in [-0.39, 0.29) is 17.7 Å². The maximum Gasteiger partial charge on any atom is 0.230 e. The molecule has 2 rings (SSSR count). The van der Waals surface area contributed by atoms with Crippen LogP contribution in [0.1, 0.15) is 30.6 Å². The summed E-state index contributed by atoms with van der Waals surface area (Å²) >= 11 is 2.61. The first-order valence-corrected chi connectivity index (χ1v) is 8.32. The average molecular weight is 323 g/mol. The van der Waals surface area contributed by atoms with Crippen LogP contribution in [-0.2, 0) is 4.79 Å². The van der Waals surface area contributed by atoms with Gasteiger partial charge in [-0.2, -0.15) is 0 Å². The molecule has 0 saturated carbocycles. The number of nitrogen functional groups attached to an aromatic ring is 1. The molecular formula is C13H17N5OS2. The maximum atomic E-state index is 12.0. The summed E-state index contributed by atoms with van der Waals surface area (Å²) in [6, 6.07) is 3.86. The van der Waals surface area contributed by atoms with E-state index in [1.165, 1.54) is 23.1 Å². The Balaban J connectivity index is 1.90. The number of amides is 1. The van der Waals surface area contributed by atoms with E-state index in [0.29, 0.717) is 9.47 Å². The Morgan fingerprint density at radius 1 is 1.52 bits per heavy atom. The number of hydrogen-bond donors (Lipinski definition) is 2. The lowest BCUT2D eigenvalue weighted by Gasteiger charge is -2.16. The SMILES string of the molecule is CC[C@H](NC(=O)CSc1nnc(N)s1)c1cc(C)ccn1. The van der Waals surface area contributed by atoms with E-state index in [4.69, 9.17) is 5.73 Å². The maximum absolute atomic E-state index is 12.0. The van der Waals surface area contributed by atoms with Crippen molar-refractivity contribution in [1.82, 2.24) is 20.5 Å². The van der Waals surface area contributed by atoms with Crippen molar-refractivity contribution in [1.29, 1.82) is 0 Å². The first-order valence-electron chi connectivity index (χ1n) is 6.52. The molecule has 0 unspecified atom stereocenters. The zero-order chi connectivity index (χ0) is 15.2. The molecule has 2 aromatic rings. The van der Waals surface area contributed by atoms with Gasteiger partial charge in [0, 0.05) is 6.20 Å². The van der Waals surface area contributed by atoms with Gasteiger partial charge in [-0.1, -0.05) is 30.0 Å². The number of nitrogens with zero attached hydrogens (tertiary/aromatic N) is 3. The lowest BCUT2D eigenvalue weighted by Crippen LogP contribution is -2.30. The highest BCUT2D eigenvalue weighted by Gasteiger charge is 2.15. The molecule has 0 spiro atoms. The summed E-state index contributed by atoms with van der Waals surface area (Å²) in [6.45, 7) is 4.03. The molecule has 3 N–H and O–H groups in total. The normalized spacial score (nSPS) is 12.1. The lowest BCUT2D eigenvalue weighted by molar-refractivity contribution is -0.119. The van der Waals surface area contributed by atoms with Crippen molar-refractivity contribution in [2.75, 3.05) is 11.5 Å². The van der Waals surface area contributed by atoms with Gasteiger partial charge in [0.05, 0.1) is 17.5 Å². The van der Waals surface area contributed by atoms with Crippen molar-refractivity contribution in [3.8, 4) is 0 Å². The molecule has 0 bridgehead atoms. The summed E-state index contributed by atoms with van der Waals surface area (Å²) in [5.74, 6) is 0.237. The predicted molar refractivity (Wildman–Crippen MR) is 85.2 cm³/mol. The van der Waals surface area contributed by atoms with E-state index in [9.17, 15) is 4.79 Å². The summed E-state index contributed by atoms with van der Waals surface area (Å²) in [5, 5.41) is 11.0. The number of carbonyl (C=O) groups is 1. The predicted octanol–water partition coefficient (Wildman–Crippen LogP) is 2.18. The Labute approximate surface area is 131 Å². The standard InChI is InChI=1S/C13H17N5OS2/c1-3-9(10-6-8(2)4-5-15-10)16-11(19)7-20-13-18-17-12(14)21-13/h4-6,9H,3,7H2,1-2H3,(H2,14,17)(H,16,19)/t9-/m0/s1. The van der Waals surface area contributed by atoms with E-state index >= 15 is 0 Å². The minimum absolute atomic E-state index is 0.0519. The molecule has 0 aliphatic carbocycles. The van der Waals surface area contributed by atoms with E-state index in [1.807, 2.05) is 26.0 Å². The highest BCUT2D eigenvalue weighted by molar-refractivity contribution is 8.01. The molecule has 8 heteroatoms. The molecule has 2 aromatic heterocycles. The zero-order valence-corrected chi connectivity index (χ0v) is 13.5. The van der Waals surface area contributed by atoms with Crippen molar-refractivity contribution in [3.05, 3.63) is 29.6 Å². The van der Waals surface area contributed by atoms with Crippen LogP contribution >= 0.6 is 23.1 Å². The molecule has 112 valence electrons. The molecule has 1 atom stereocenters. The second-order valence-electron chi connectivity index (χ2n) is 4.48. The monoisotopic (exact) mass is 323 g/mol. The second-order valence-corrected chi connectivity index (χ2v) is 6.71. The molecule has 0 saturated heterocycles. The fourth-order valence-corrected chi connectivity index (χ4v) is 3.22. The van der Waals surface area contributed by atoms with Gasteiger partial charge in [-0.3, -0.25) is 9.78 Å². The molecule has 0 aliphatic heterocycles. The largest absolute Gasteiger partial charge is 0.374 e. The smallest absolute Gasteiger partial charge is 0.230 e. The molecule has 6 nitrogen and oxygen atoms in total. The summed E-state index contributed by atoms with van der Waals surface area (Å²) in [6.07, 6.45) is 2.55. The van der Waals surface area contributed by atoms with Crippen LogP contribution in [0.25, 0.3) is 0 Å². The van der Waals surface area contributed by atoms with Crippen LogP contribution in [0.5, 0.6) is 0 Å². The van der Waals surface area contributed by atoms with Crippen LogP contribution in [0, 0.1) is 6.92 Å². The molecule has 2 heterocycles. The van der Waals surface area contributed by atoms with Gasteiger partial charge in [0.25, 0.3) is 0 Å². The van der Waals surface area contributed by atoms with E-state index in [2.05, 4.69) is 20.5 Å². The fraction of sp³-hybridized carbons (Fsp3) is 0.385. The quantitative estimate of drug-likeness (QED) is 0.791. The van der Waals surface area contributed by atoms with E-state index in [1.54, 1.807) is 6.20 Å². The number of pyridine rings is 1. The molecule has 0 fully saturated rings. The van der Waals surface area contributed by atoms with Crippen LogP contribution < -0.4 is 11.1 Å². The number of hydrogen-bond acceptors (Lipinski definition) is 7. The van der Waals surface area contributed by atoms with Gasteiger partial charge >= 0.3 is 0 Å². The summed E-state index contributed by atoms with van der Waals surface area (Å²) in [5.41, 5.74) is 7.52. The minimum Gasteiger partial charge on any atom is -0.374 e. The Morgan fingerprint density at radius 2 is 2.33 bits per heavy atom. The van der Waals surface area contributed by atoms with Crippen LogP contribution in [-0.4, -0.2) is 26.8 Å². The summed E-state index contributed by atoms with van der Waals surface area (Å²) in [7, 11) is 0. The van der Waals surface area contributed by atoms with Crippen molar-refractivity contribution in [2.45, 2.75) is 30.6 Å². The third-order valence-electron chi connectivity index (χ3n) is 2.79. The number of nitrogens with two attached hydrogens (primary N) is 1. The van der Waals surface area contributed by atoms with Gasteiger partial charge in [0.2, 0.25) is 11.0 Å². The van der Waals surface area contributed by atoms with Crippen molar-refractivity contribution in [2.24, 2.45) is 0 Å². The van der Waals surface area contributed by atoms with Crippen LogP contribution in [0.4, 0.5) is 5.13 Å². The van der Waals surface area contributed by atoms with Gasteiger partial charge in [-0.25, -0.2) is 0 Å². The van der Waals surface area contributed by atoms with Crippen LogP contribution in [0.15, 0.2) is 22.7 Å². The minimum atomic E-state index is -0.0718. The van der Waals surface area contributed by atoms with E-state index < -0.39 is 0 Å². The van der Waals surface area contributed by atoms with Gasteiger partial charge in [-0.15, -0.1) is 10.2 Å². The van der Waals surface area contributed by atoms with Gasteiger partial charge in [0.15, 0.2) is 4.34 Å². The highest BCUT2D eigenvalue weighted by Crippen LogP contribution is 2.23. The molecular weight excluding hydrogens is 306 g/mol. The van der Waals surface area contributed by atoms with Crippen molar-refractivity contribution < 1.29 is 4.79 Å². The Kier molecular flexibility index (Phi) is 5.51. The summed E-state index contributed by atoms with van der Waals surface area (Å²) in [4.78, 5) is 16.3. The summed E-state index contributed by atoms with van der Waals surface area (Å²) < 4.78 is 0.698. The van der Waals surface area contributed by atoms with Gasteiger partial charge in [0.1, 0.15) is 0 Å². The molecule has 0 aliphatic rings. The third-order valence-corrected chi connectivity index (χ3v) is 4.67. The Bertz CT molecular complexity index is 616. The Hall–Kier alpha value is -1.67. The molecule has 1 amide bonds. The molecule has 21 heavy (non-hydrogen) atoms. The molecule has 0 radical (unpaired) electrons. The second kappa shape index (κ2) is 7.37. The third kappa shape index (κ3) is 4.68. The number of carbonyl (C=O) groups excluding carboxylic acids is 1. The van der Waals surface area contributed by atoms with Gasteiger partial charge < -0.3 is 11.1 Å². The number of aromatic nitrogens is 3. The fourth-order valence-electron chi connectivity index (χ4n) is 1.78. The number of anilines is 1. The number of nitrogens with one attached hydrogen (secondary N) is 1. The first-order chi connectivity index (χ1) is 10.1. The van der Waals surface area contributed by atoms with E-state index in [0.717, 1.165) is 17.7 Å². The van der Waals surface area contributed by atoms with Crippen molar-refractivity contribution in [3.63, 3.8) is 0 Å². The van der Waals surface area contributed by atoms with Crippen molar-refractivity contribution >= 4 is 34.1 Å². The first kappa shape index (κ1) is 15.7. The van der Waals surface area contributed by atoms with Crippen LogP contribution in [0.2, 0.25) is 0 Å². The van der Waals surface area contributed by atoms with Crippen LogP contribution in [0.3, 0.4) is 0 Å². The number of thioether (sulfide) groups is 1. The number of rotatable bonds is 6. The Morgan fingerprint density at radius 3 is 2.95 bits per heavy atom.